The number of anilines is 2. The average molecular weight is 362 g/mol. The maximum atomic E-state index is 13.3. The second-order valence-electron chi connectivity index (χ2n) is 6.59. The van der Waals surface area contributed by atoms with E-state index in [-0.39, 0.29) is 17.5 Å². The van der Waals surface area contributed by atoms with Crippen LogP contribution in [0.4, 0.5) is 24.8 Å². The smallest absolute Gasteiger partial charge is 0.378 e. The van der Waals surface area contributed by atoms with Gasteiger partial charge in [-0.05, 0) is 37.1 Å². The first-order valence-corrected chi connectivity index (χ1v) is 8.16. The van der Waals surface area contributed by atoms with Crippen molar-refractivity contribution in [3.05, 3.63) is 35.8 Å². The van der Waals surface area contributed by atoms with E-state index in [9.17, 15) is 13.2 Å². The van der Waals surface area contributed by atoms with Crippen LogP contribution in [-0.2, 0) is 6.18 Å². The number of hydrogen-bond acceptors (Lipinski definition) is 5. The molecule has 1 aliphatic rings. The summed E-state index contributed by atoms with van der Waals surface area (Å²) < 4.78 is 41.3. The maximum absolute atomic E-state index is 13.3. The predicted molar refractivity (Wildman–Crippen MR) is 92.4 cm³/mol. The molecular weight excluding hydrogens is 345 g/mol. The van der Waals surface area contributed by atoms with E-state index in [2.05, 4.69) is 15.0 Å². The average Bonchev–Trinajstić information content (AvgIpc) is 3.35. The zero-order valence-electron chi connectivity index (χ0n) is 14.2. The van der Waals surface area contributed by atoms with Gasteiger partial charge in [-0.2, -0.15) is 13.2 Å². The Morgan fingerprint density at radius 3 is 2.27 bits per heavy atom. The van der Waals surface area contributed by atoms with Gasteiger partial charge in [-0.1, -0.05) is 0 Å². The number of nitrogen functional groups attached to an aromatic ring is 1. The quantitative estimate of drug-likeness (QED) is 0.773. The van der Waals surface area contributed by atoms with Crippen molar-refractivity contribution in [2.24, 2.45) is 0 Å². The fraction of sp³-hybridized carbons (Fsp3) is 0.353. The molecule has 1 fully saturated rings. The van der Waals surface area contributed by atoms with Crippen LogP contribution in [0.15, 0.2) is 24.3 Å². The number of aromatic nitrogens is 4. The zero-order chi connectivity index (χ0) is 18.6. The summed E-state index contributed by atoms with van der Waals surface area (Å²) in [6.07, 6.45) is -3.03. The molecule has 1 aliphatic carbocycles. The van der Waals surface area contributed by atoms with Crippen molar-refractivity contribution in [2.75, 3.05) is 24.7 Å². The number of alkyl halides is 3. The molecule has 26 heavy (non-hydrogen) atoms. The molecule has 2 heterocycles. The first-order chi connectivity index (χ1) is 12.3. The number of rotatable bonds is 3. The van der Waals surface area contributed by atoms with Crippen LogP contribution in [0.5, 0.6) is 0 Å². The highest BCUT2D eigenvalue weighted by atomic mass is 19.4. The Hall–Kier alpha value is -2.84. The fourth-order valence-corrected chi connectivity index (χ4v) is 2.92. The van der Waals surface area contributed by atoms with Crippen molar-refractivity contribution in [3.63, 3.8) is 0 Å². The van der Waals surface area contributed by atoms with Gasteiger partial charge in [0.2, 0.25) is 11.8 Å². The zero-order valence-corrected chi connectivity index (χ0v) is 14.2. The number of imidazole rings is 1. The number of halogens is 3. The molecule has 0 aliphatic heterocycles. The minimum Gasteiger partial charge on any atom is -0.378 e. The Balaban J connectivity index is 1.94. The van der Waals surface area contributed by atoms with Gasteiger partial charge in [-0.25, -0.2) is 15.0 Å². The molecule has 1 aromatic carbocycles. The van der Waals surface area contributed by atoms with Crippen LogP contribution in [0.3, 0.4) is 0 Å². The van der Waals surface area contributed by atoms with E-state index in [4.69, 9.17) is 5.73 Å². The van der Waals surface area contributed by atoms with Gasteiger partial charge in [0.25, 0.3) is 0 Å². The molecule has 0 spiro atoms. The first-order valence-electron chi connectivity index (χ1n) is 8.16. The molecular formula is C17H17F3N6. The van der Waals surface area contributed by atoms with Crippen LogP contribution in [0, 0.1) is 0 Å². The lowest BCUT2D eigenvalue weighted by atomic mass is 10.2. The molecule has 0 radical (unpaired) electrons. The van der Waals surface area contributed by atoms with Crippen molar-refractivity contribution in [3.8, 4) is 5.69 Å². The Labute approximate surface area is 147 Å². The molecule has 136 valence electrons. The van der Waals surface area contributed by atoms with Gasteiger partial charge in [0.05, 0.1) is 11.4 Å². The fourth-order valence-electron chi connectivity index (χ4n) is 2.92. The van der Waals surface area contributed by atoms with Gasteiger partial charge in [0, 0.05) is 25.7 Å². The van der Waals surface area contributed by atoms with Gasteiger partial charge in [0.15, 0.2) is 5.65 Å². The van der Waals surface area contributed by atoms with Crippen molar-refractivity contribution < 1.29 is 13.2 Å². The molecule has 0 amide bonds. The van der Waals surface area contributed by atoms with E-state index in [0.717, 1.165) is 18.5 Å². The van der Waals surface area contributed by atoms with E-state index in [1.54, 1.807) is 12.1 Å². The number of hydrogen-bond donors (Lipinski definition) is 1. The predicted octanol–water partition coefficient (Wildman–Crippen LogP) is 3.36. The highest BCUT2D eigenvalue weighted by Crippen LogP contribution is 2.43. The third-order valence-corrected chi connectivity index (χ3v) is 4.40. The van der Waals surface area contributed by atoms with Crippen LogP contribution in [0.25, 0.3) is 16.9 Å². The van der Waals surface area contributed by atoms with Crippen LogP contribution in [-0.4, -0.2) is 33.6 Å². The summed E-state index contributed by atoms with van der Waals surface area (Å²) in [7, 11) is 3.81. The van der Waals surface area contributed by atoms with E-state index in [0.29, 0.717) is 16.9 Å². The van der Waals surface area contributed by atoms with E-state index >= 15 is 0 Å². The minimum absolute atomic E-state index is 0.0135. The third-order valence-electron chi connectivity index (χ3n) is 4.40. The molecule has 0 saturated heterocycles. The van der Waals surface area contributed by atoms with Gasteiger partial charge < -0.3 is 10.6 Å². The largest absolute Gasteiger partial charge is 0.451 e. The lowest BCUT2D eigenvalue weighted by Crippen LogP contribution is -2.14. The molecule has 3 aromatic rings. The molecule has 0 bridgehead atoms. The molecule has 1 saturated carbocycles. The molecule has 0 atom stereocenters. The van der Waals surface area contributed by atoms with Crippen LogP contribution in [0.2, 0.25) is 0 Å². The summed E-state index contributed by atoms with van der Waals surface area (Å²) >= 11 is 0. The summed E-state index contributed by atoms with van der Waals surface area (Å²) in [4.78, 5) is 13.7. The third kappa shape index (κ3) is 2.73. The standard InChI is InChI=1S/C17H17F3N6/c1-25(2)10-5-7-11(8-6-10)26-14-13(23-16(26)21)12(9-3-4-9)22-15(24-14)17(18,19)20/h5-9H,3-4H2,1-2H3,(H2,21,23). The molecule has 2 aromatic heterocycles. The van der Waals surface area contributed by atoms with Gasteiger partial charge >= 0.3 is 6.18 Å². The summed E-state index contributed by atoms with van der Waals surface area (Å²) in [5, 5.41) is 0. The van der Waals surface area contributed by atoms with Crippen molar-refractivity contribution in [1.29, 1.82) is 0 Å². The Morgan fingerprint density at radius 1 is 1.08 bits per heavy atom. The minimum atomic E-state index is -4.63. The molecule has 4 rings (SSSR count). The number of nitrogens with zero attached hydrogens (tertiary/aromatic N) is 5. The van der Waals surface area contributed by atoms with Crippen molar-refractivity contribution in [2.45, 2.75) is 24.9 Å². The number of nitrogens with two attached hydrogens (primary N) is 1. The topological polar surface area (TPSA) is 72.9 Å². The Kier molecular flexibility index (Phi) is 3.57. The van der Waals surface area contributed by atoms with Crippen LogP contribution < -0.4 is 10.6 Å². The van der Waals surface area contributed by atoms with E-state index in [1.165, 1.54) is 4.57 Å². The summed E-state index contributed by atoms with van der Waals surface area (Å²) in [6, 6.07) is 7.26. The lowest BCUT2D eigenvalue weighted by Gasteiger charge is -2.14. The Bertz CT molecular complexity index is 971. The van der Waals surface area contributed by atoms with Crippen molar-refractivity contribution in [1.82, 2.24) is 19.5 Å². The van der Waals surface area contributed by atoms with Gasteiger partial charge in [-0.15, -0.1) is 0 Å². The second-order valence-corrected chi connectivity index (χ2v) is 6.59. The summed E-state index contributed by atoms with van der Waals surface area (Å²) in [5.41, 5.74) is 8.35. The van der Waals surface area contributed by atoms with Crippen LogP contribution in [0.1, 0.15) is 30.3 Å². The first kappa shape index (κ1) is 16.6. The normalized spacial score (nSPS) is 14.8. The number of fused-ring (bicyclic) bond motifs is 1. The summed E-state index contributed by atoms with van der Waals surface area (Å²) in [6.45, 7) is 0. The van der Waals surface area contributed by atoms with Gasteiger partial charge in [0.1, 0.15) is 5.52 Å². The summed E-state index contributed by atoms with van der Waals surface area (Å²) in [5.74, 6) is -1.08. The highest BCUT2D eigenvalue weighted by molar-refractivity contribution is 5.80. The molecule has 9 heteroatoms. The van der Waals surface area contributed by atoms with Crippen LogP contribution >= 0.6 is 0 Å². The lowest BCUT2D eigenvalue weighted by molar-refractivity contribution is -0.144. The molecule has 6 nitrogen and oxygen atoms in total. The SMILES string of the molecule is CN(C)c1ccc(-n2c(N)nc3c(C4CC4)nc(C(F)(F)F)nc32)cc1. The molecule has 0 unspecified atom stereocenters. The Morgan fingerprint density at radius 2 is 1.73 bits per heavy atom. The van der Waals surface area contributed by atoms with E-state index < -0.39 is 12.0 Å². The molecule has 2 N–H and O–H groups in total. The van der Waals surface area contributed by atoms with Crippen molar-refractivity contribution >= 4 is 22.8 Å². The van der Waals surface area contributed by atoms with Gasteiger partial charge in [-0.3, -0.25) is 4.57 Å². The second kappa shape index (κ2) is 5.58. The highest BCUT2D eigenvalue weighted by Gasteiger charge is 2.39. The number of benzene rings is 1. The monoisotopic (exact) mass is 362 g/mol. The maximum Gasteiger partial charge on any atom is 0.451 e. The van der Waals surface area contributed by atoms with E-state index in [1.807, 2.05) is 31.1 Å².